The van der Waals surface area contributed by atoms with Gasteiger partial charge < -0.3 is 14.5 Å². The van der Waals surface area contributed by atoms with E-state index in [0.29, 0.717) is 11.5 Å². The minimum Gasteiger partial charge on any atom is -0.493 e. The summed E-state index contributed by atoms with van der Waals surface area (Å²) in [7, 11) is 3.21. The van der Waals surface area contributed by atoms with E-state index in [0.717, 1.165) is 16.9 Å². The molecule has 0 saturated heterocycles. The number of nitrogens with one attached hydrogen (secondary N) is 1. The number of aromatic nitrogens is 2. The van der Waals surface area contributed by atoms with E-state index in [-0.39, 0.29) is 0 Å². The van der Waals surface area contributed by atoms with Crippen molar-refractivity contribution in [1.29, 1.82) is 0 Å². The van der Waals surface area contributed by atoms with Crippen LogP contribution in [0, 0.1) is 0 Å². The average molecular weight is 204 g/mol. The van der Waals surface area contributed by atoms with Crippen LogP contribution in [0.4, 0.5) is 0 Å². The number of nitrogens with zero attached hydrogens (tertiary/aromatic N) is 1. The zero-order chi connectivity index (χ0) is 10.8. The highest BCUT2D eigenvalue weighted by Gasteiger charge is 2.08. The second kappa shape index (κ2) is 3.65. The number of methoxy groups -OCH3 is 2. The highest BCUT2D eigenvalue weighted by atomic mass is 16.5. The Morgan fingerprint density at radius 1 is 1.27 bits per heavy atom. The molecule has 0 radical (unpaired) electrons. The van der Waals surface area contributed by atoms with E-state index in [1.807, 2.05) is 12.1 Å². The van der Waals surface area contributed by atoms with Crippen molar-refractivity contribution in [2.75, 3.05) is 14.2 Å². The quantitative estimate of drug-likeness (QED) is 0.833. The first-order chi connectivity index (χ1) is 7.28. The summed E-state index contributed by atoms with van der Waals surface area (Å²) in [5.41, 5.74) is 1.74. The van der Waals surface area contributed by atoms with Crippen molar-refractivity contribution in [3.05, 3.63) is 24.5 Å². The second-order valence-electron chi connectivity index (χ2n) is 3.05. The summed E-state index contributed by atoms with van der Waals surface area (Å²) >= 11 is 0. The van der Waals surface area contributed by atoms with Crippen LogP contribution in [0.1, 0.15) is 5.82 Å². The number of benzene rings is 1. The number of hydrogen-bond donors (Lipinski definition) is 1. The first-order valence-corrected chi connectivity index (χ1v) is 4.52. The number of rotatable bonds is 3. The van der Waals surface area contributed by atoms with E-state index >= 15 is 0 Å². The van der Waals surface area contributed by atoms with Gasteiger partial charge >= 0.3 is 0 Å². The maximum atomic E-state index is 5.19. The van der Waals surface area contributed by atoms with Gasteiger partial charge in [0.1, 0.15) is 5.82 Å². The van der Waals surface area contributed by atoms with E-state index in [1.54, 1.807) is 20.3 Å². The summed E-state index contributed by atoms with van der Waals surface area (Å²) < 4.78 is 10.4. The van der Waals surface area contributed by atoms with Crippen molar-refractivity contribution >= 4 is 17.1 Å². The van der Waals surface area contributed by atoms with Gasteiger partial charge in [0.25, 0.3) is 0 Å². The van der Waals surface area contributed by atoms with Gasteiger partial charge in [0, 0.05) is 12.1 Å². The first-order valence-electron chi connectivity index (χ1n) is 4.52. The number of fused-ring (bicyclic) bond motifs is 1. The van der Waals surface area contributed by atoms with Crippen LogP contribution < -0.4 is 9.47 Å². The number of hydrogen-bond acceptors (Lipinski definition) is 3. The van der Waals surface area contributed by atoms with E-state index in [1.165, 1.54) is 0 Å². The van der Waals surface area contributed by atoms with Crippen LogP contribution in [0.3, 0.4) is 0 Å². The molecule has 0 fully saturated rings. The third-order valence-electron chi connectivity index (χ3n) is 2.20. The second-order valence-corrected chi connectivity index (χ2v) is 3.05. The normalized spacial score (nSPS) is 10.3. The van der Waals surface area contributed by atoms with Gasteiger partial charge in [0.05, 0.1) is 25.3 Å². The highest BCUT2D eigenvalue weighted by Crippen LogP contribution is 2.30. The molecular formula is C11H12N2O2. The molecule has 15 heavy (non-hydrogen) atoms. The molecule has 0 spiro atoms. The lowest BCUT2D eigenvalue weighted by atomic mass is 10.3. The van der Waals surface area contributed by atoms with Gasteiger partial charge in [-0.25, -0.2) is 4.98 Å². The summed E-state index contributed by atoms with van der Waals surface area (Å²) in [5.74, 6) is 2.09. The molecule has 4 nitrogen and oxygen atoms in total. The molecule has 78 valence electrons. The monoisotopic (exact) mass is 204 g/mol. The predicted octanol–water partition coefficient (Wildman–Crippen LogP) is 2.22. The van der Waals surface area contributed by atoms with Crippen LogP contribution in [0.5, 0.6) is 11.5 Å². The van der Waals surface area contributed by atoms with Crippen LogP contribution in [0.15, 0.2) is 18.7 Å². The molecule has 1 heterocycles. The molecule has 0 aliphatic carbocycles. The fraction of sp³-hybridized carbons (Fsp3) is 0.182. The largest absolute Gasteiger partial charge is 0.493 e. The summed E-state index contributed by atoms with van der Waals surface area (Å²) in [6.07, 6.45) is 1.67. The van der Waals surface area contributed by atoms with Crippen LogP contribution in [0.2, 0.25) is 0 Å². The molecule has 0 amide bonds. The molecule has 0 bridgehead atoms. The number of aromatic amines is 1. The minimum absolute atomic E-state index is 0.673. The van der Waals surface area contributed by atoms with Crippen LogP contribution in [0.25, 0.3) is 17.1 Å². The maximum Gasteiger partial charge on any atom is 0.163 e. The smallest absolute Gasteiger partial charge is 0.163 e. The van der Waals surface area contributed by atoms with Crippen LogP contribution in [-0.4, -0.2) is 24.2 Å². The molecule has 0 aliphatic rings. The van der Waals surface area contributed by atoms with Crippen molar-refractivity contribution < 1.29 is 9.47 Å². The fourth-order valence-electron chi connectivity index (χ4n) is 1.45. The predicted molar refractivity (Wildman–Crippen MR) is 59.3 cm³/mol. The number of ether oxygens (including phenoxy) is 2. The molecule has 1 N–H and O–H groups in total. The summed E-state index contributed by atoms with van der Waals surface area (Å²) in [6.45, 7) is 3.66. The van der Waals surface area contributed by atoms with Gasteiger partial charge in [-0.05, 0) is 6.08 Å². The molecule has 0 atom stereocenters. The van der Waals surface area contributed by atoms with Gasteiger partial charge in [-0.2, -0.15) is 0 Å². The van der Waals surface area contributed by atoms with Gasteiger partial charge in [-0.3, -0.25) is 0 Å². The minimum atomic E-state index is 0.673. The van der Waals surface area contributed by atoms with E-state index in [4.69, 9.17) is 9.47 Å². The van der Waals surface area contributed by atoms with E-state index in [9.17, 15) is 0 Å². The summed E-state index contributed by atoms with van der Waals surface area (Å²) in [4.78, 5) is 7.41. The van der Waals surface area contributed by atoms with Crippen molar-refractivity contribution in [3.63, 3.8) is 0 Å². The molecule has 1 aromatic carbocycles. The summed E-state index contributed by atoms with van der Waals surface area (Å²) in [6, 6.07) is 3.69. The zero-order valence-electron chi connectivity index (χ0n) is 8.70. The molecule has 2 aromatic rings. The van der Waals surface area contributed by atoms with Crippen molar-refractivity contribution in [2.45, 2.75) is 0 Å². The first kappa shape index (κ1) is 9.58. The van der Waals surface area contributed by atoms with Crippen LogP contribution >= 0.6 is 0 Å². The third kappa shape index (κ3) is 1.54. The molecule has 0 unspecified atom stereocenters. The van der Waals surface area contributed by atoms with Crippen molar-refractivity contribution in [1.82, 2.24) is 9.97 Å². The average Bonchev–Trinajstić information content (AvgIpc) is 2.68. The topological polar surface area (TPSA) is 47.1 Å². The Hall–Kier alpha value is -1.97. The molecule has 0 saturated carbocycles. The zero-order valence-corrected chi connectivity index (χ0v) is 8.70. The van der Waals surface area contributed by atoms with E-state index < -0.39 is 0 Å². The molecule has 2 rings (SSSR count). The Balaban J connectivity index is 2.66. The Labute approximate surface area is 87.5 Å². The Bertz CT molecular complexity index is 462. The van der Waals surface area contributed by atoms with E-state index in [2.05, 4.69) is 16.5 Å². The standard InChI is InChI=1S/C11H12N2O2/c1-4-11-12-7-5-9(14-2)10(15-3)6-8(7)13-11/h4-6H,1H2,2-3H3,(H,12,13). The molecule has 4 heteroatoms. The van der Waals surface area contributed by atoms with Gasteiger partial charge in [0.15, 0.2) is 11.5 Å². The highest BCUT2D eigenvalue weighted by molar-refractivity contribution is 5.80. The SMILES string of the molecule is C=Cc1nc2cc(OC)c(OC)cc2[nH]1. The van der Waals surface area contributed by atoms with Gasteiger partial charge in [-0.1, -0.05) is 6.58 Å². The Kier molecular flexibility index (Phi) is 2.33. The van der Waals surface area contributed by atoms with Gasteiger partial charge in [-0.15, -0.1) is 0 Å². The fourth-order valence-corrected chi connectivity index (χ4v) is 1.45. The van der Waals surface area contributed by atoms with Gasteiger partial charge in [0.2, 0.25) is 0 Å². The Morgan fingerprint density at radius 3 is 2.53 bits per heavy atom. The number of H-pyrrole nitrogens is 1. The van der Waals surface area contributed by atoms with Crippen molar-refractivity contribution in [2.24, 2.45) is 0 Å². The Morgan fingerprint density at radius 2 is 1.93 bits per heavy atom. The third-order valence-corrected chi connectivity index (χ3v) is 2.20. The lowest BCUT2D eigenvalue weighted by Gasteiger charge is -2.06. The summed E-state index contributed by atoms with van der Waals surface area (Å²) in [5, 5.41) is 0. The lowest BCUT2D eigenvalue weighted by molar-refractivity contribution is 0.356. The molecule has 0 aliphatic heterocycles. The lowest BCUT2D eigenvalue weighted by Crippen LogP contribution is -1.89. The molecule has 1 aromatic heterocycles. The van der Waals surface area contributed by atoms with Crippen LogP contribution in [-0.2, 0) is 0 Å². The molecular weight excluding hydrogens is 192 g/mol. The maximum absolute atomic E-state index is 5.19. The number of imidazole rings is 1. The van der Waals surface area contributed by atoms with Crippen molar-refractivity contribution in [3.8, 4) is 11.5 Å².